The van der Waals surface area contributed by atoms with Crippen LogP contribution in [0.3, 0.4) is 0 Å². The van der Waals surface area contributed by atoms with Gasteiger partial charge in [-0.05, 0) is 17.7 Å². The standard InChI is InChI=1S/C22H11F7O4/c1-2-9-3-5-10(6-4-9)21(30)33-20-17(28)15(26)14(16(27)18(20)29)22(31)32-19-12(24)7-11(23)8-13(19)25/h2-8,15,17H,1H2. The van der Waals surface area contributed by atoms with Crippen molar-refractivity contribution < 1.29 is 49.8 Å². The summed E-state index contributed by atoms with van der Waals surface area (Å²) in [5, 5.41) is 0. The van der Waals surface area contributed by atoms with Gasteiger partial charge < -0.3 is 9.47 Å². The Morgan fingerprint density at radius 1 is 0.818 bits per heavy atom. The van der Waals surface area contributed by atoms with E-state index in [0.29, 0.717) is 5.56 Å². The van der Waals surface area contributed by atoms with Gasteiger partial charge in [0.15, 0.2) is 35.6 Å². The molecule has 2 aromatic carbocycles. The number of hydrogen-bond donors (Lipinski definition) is 0. The first-order valence-corrected chi connectivity index (χ1v) is 8.94. The molecule has 0 fully saturated rings. The van der Waals surface area contributed by atoms with Crippen LogP contribution in [0.25, 0.3) is 6.08 Å². The van der Waals surface area contributed by atoms with E-state index in [1.807, 2.05) is 0 Å². The molecule has 2 unspecified atom stereocenters. The maximum atomic E-state index is 14.5. The van der Waals surface area contributed by atoms with Crippen LogP contribution in [0.5, 0.6) is 5.75 Å². The van der Waals surface area contributed by atoms with Crippen molar-refractivity contribution in [3.8, 4) is 5.75 Å². The molecule has 0 heterocycles. The van der Waals surface area contributed by atoms with Crippen LogP contribution < -0.4 is 4.74 Å². The molecular formula is C22H11F7O4. The van der Waals surface area contributed by atoms with Crippen molar-refractivity contribution in [3.05, 3.63) is 94.5 Å². The summed E-state index contributed by atoms with van der Waals surface area (Å²) in [4.78, 5) is 24.1. The van der Waals surface area contributed by atoms with Crippen molar-refractivity contribution in [2.75, 3.05) is 0 Å². The fourth-order valence-corrected chi connectivity index (χ4v) is 2.74. The van der Waals surface area contributed by atoms with Gasteiger partial charge >= 0.3 is 11.9 Å². The molecule has 0 aromatic heterocycles. The smallest absolute Gasteiger partial charge is 0.345 e. The maximum Gasteiger partial charge on any atom is 0.345 e. The van der Waals surface area contributed by atoms with Crippen molar-refractivity contribution in [2.45, 2.75) is 12.3 Å². The third kappa shape index (κ3) is 4.66. The van der Waals surface area contributed by atoms with Gasteiger partial charge in [0, 0.05) is 12.1 Å². The molecule has 0 aliphatic heterocycles. The molecule has 11 heteroatoms. The minimum atomic E-state index is -3.27. The van der Waals surface area contributed by atoms with Crippen molar-refractivity contribution >= 4 is 18.0 Å². The Bertz CT molecular complexity index is 1180. The second kappa shape index (κ2) is 9.31. The first kappa shape index (κ1) is 23.8. The number of rotatable bonds is 5. The Morgan fingerprint density at radius 2 is 1.39 bits per heavy atom. The van der Waals surface area contributed by atoms with E-state index in [4.69, 9.17) is 0 Å². The van der Waals surface area contributed by atoms with Crippen molar-refractivity contribution in [1.29, 1.82) is 0 Å². The number of halogens is 7. The fraction of sp³-hybridized carbons (Fsp3) is 0.0909. The topological polar surface area (TPSA) is 52.6 Å². The van der Waals surface area contributed by atoms with E-state index in [0.717, 1.165) is 0 Å². The molecule has 0 saturated carbocycles. The monoisotopic (exact) mass is 472 g/mol. The maximum absolute atomic E-state index is 14.5. The lowest BCUT2D eigenvalue weighted by Gasteiger charge is -2.23. The highest BCUT2D eigenvalue weighted by Crippen LogP contribution is 2.38. The average molecular weight is 472 g/mol. The minimum absolute atomic E-state index is 0.0990. The number of carbonyl (C=O) groups is 2. The number of benzene rings is 2. The van der Waals surface area contributed by atoms with Crippen molar-refractivity contribution in [3.63, 3.8) is 0 Å². The summed E-state index contributed by atoms with van der Waals surface area (Å²) < 4.78 is 106. The number of carbonyl (C=O) groups excluding carboxylic acids is 2. The van der Waals surface area contributed by atoms with Gasteiger partial charge in [-0.2, -0.15) is 4.39 Å². The predicted molar refractivity (Wildman–Crippen MR) is 100.0 cm³/mol. The summed E-state index contributed by atoms with van der Waals surface area (Å²) in [6.45, 7) is 3.49. The molecule has 0 amide bonds. The predicted octanol–water partition coefficient (Wildman–Crippen LogP) is 5.60. The Kier molecular flexibility index (Phi) is 6.70. The van der Waals surface area contributed by atoms with Crippen molar-refractivity contribution in [2.24, 2.45) is 0 Å². The first-order valence-electron chi connectivity index (χ1n) is 8.94. The van der Waals surface area contributed by atoms with E-state index in [1.165, 1.54) is 30.3 Å². The molecule has 0 saturated heterocycles. The van der Waals surface area contributed by atoms with Gasteiger partial charge in [-0.25, -0.2) is 35.9 Å². The van der Waals surface area contributed by atoms with E-state index < -0.39 is 70.5 Å². The molecule has 172 valence electrons. The zero-order valence-corrected chi connectivity index (χ0v) is 16.2. The SMILES string of the molecule is C=Cc1ccc(C(=O)OC2=C(F)C(F)=C(C(=O)Oc3c(F)cc(F)cc3F)C(F)C2F)cc1. The third-order valence-corrected chi connectivity index (χ3v) is 4.39. The van der Waals surface area contributed by atoms with E-state index in [9.17, 15) is 40.3 Å². The van der Waals surface area contributed by atoms with E-state index in [1.54, 1.807) is 0 Å². The van der Waals surface area contributed by atoms with Gasteiger partial charge in [0.1, 0.15) is 11.4 Å². The second-order valence-electron chi connectivity index (χ2n) is 6.51. The molecule has 3 rings (SSSR count). The summed E-state index contributed by atoms with van der Waals surface area (Å²) in [5.74, 6) is -16.2. The summed E-state index contributed by atoms with van der Waals surface area (Å²) in [6.07, 6.45) is -5.02. The van der Waals surface area contributed by atoms with Crippen LogP contribution >= 0.6 is 0 Å². The molecule has 33 heavy (non-hydrogen) atoms. The van der Waals surface area contributed by atoms with Crippen LogP contribution in [0.15, 0.2) is 66.0 Å². The number of alkyl halides is 2. The summed E-state index contributed by atoms with van der Waals surface area (Å²) >= 11 is 0. The lowest BCUT2D eigenvalue weighted by Crippen LogP contribution is -2.34. The lowest BCUT2D eigenvalue weighted by atomic mass is 9.98. The molecule has 2 aromatic rings. The molecule has 2 atom stereocenters. The lowest BCUT2D eigenvalue weighted by molar-refractivity contribution is -0.131. The Hall–Kier alpha value is -3.89. The summed E-state index contributed by atoms with van der Waals surface area (Å²) in [7, 11) is 0. The quantitative estimate of drug-likeness (QED) is 0.323. The van der Waals surface area contributed by atoms with Gasteiger partial charge in [-0.15, -0.1) is 0 Å². The molecule has 0 N–H and O–H groups in total. The molecule has 4 nitrogen and oxygen atoms in total. The molecule has 0 radical (unpaired) electrons. The zero-order valence-electron chi connectivity index (χ0n) is 16.2. The van der Waals surface area contributed by atoms with Gasteiger partial charge in [0.25, 0.3) is 0 Å². The van der Waals surface area contributed by atoms with E-state index >= 15 is 0 Å². The van der Waals surface area contributed by atoms with Crippen LogP contribution in [-0.2, 0) is 9.53 Å². The Labute approximate surface area is 181 Å². The van der Waals surface area contributed by atoms with Crippen molar-refractivity contribution in [1.82, 2.24) is 0 Å². The molecular weight excluding hydrogens is 461 g/mol. The molecule has 0 spiro atoms. The van der Waals surface area contributed by atoms with Gasteiger partial charge in [-0.3, -0.25) is 0 Å². The van der Waals surface area contributed by atoms with Crippen LogP contribution in [0.1, 0.15) is 15.9 Å². The number of allylic oxidation sites excluding steroid dienone is 3. The van der Waals surface area contributed by atoms with Crippen LogP contribution in [0.4, 0.5) is 30.7 Å². The highest BCUT2D eigenvalue weighted by atomic mass is 19.2. The van der Waals surface area contributed by atoms with Crippen LogP contribution in [0.2, 0.25) is 0 Å². The van der Waals surface area contributed by atoms with Gasteiger partial charge in [-0.1, -0.05) is 24.8 Å². The summed E-state index contributed by atoms with van der Waals surface area (Å²) in [6, 6.07) is 5.40. The fourth-order valence-electron chi connectivity index (χ4n) is 2.74. The first-order chi connectivity index (χ1) is 15.5. The number of ether oxygens (including phenoxy) is 2. The Morgan fingerprint density at radius 3 is 1.94 bits per heavy atom. The highest BCUT2D eigenvalue weighted by molar-refractivity contribution is 5.94. The highest BCUT2D eigenvalue weighted by Gasteiger charge is 2.45. The normalized spacial score (nSPS) is 18.3. The molecule has 1 aliphatic carbocycles. The second-order valence-corrected chi connectivity index (χ2v) is 6.51. The average Bonchev–Trinajstić information content (AvgIpc) is 2.77. The summed E-state index contributed by atoms with van der Waals surface area (Å²) in [5.41, 5.74) is -1.52. The van der Waals surface area contributed by atoms with E-state index in [2.05, 4.69) is 16.1 Å². The molecule has 1 aliphatic rings. The van der Waals surface area contributed by atoms with Crippen LogP contribution in [0, 0.1) is 17.5 Å². The largest absolute Gasteiger partial charge is 0.421 e. The third-order valence-electron chi connectivity index (χ3n) is 4.39. The number of esters is 2. The van der Waals surface area contributed by atoms with E-state index in [-0.39, 0.29) is 17.7 Å². The number of hydrogen-bond acceptors (Lipinski definition) is 4. The van der Waals surface area contributed by atoms with Gasteiger partial charge in [0.2, 0.25) is 11.6 Å². The van der Waals surface area contributed by atoms with Crippen LogP contribution in [-0.4, -0.2) is 24.3 Å². The molecule has 0 bridgehead atoms. The Balaban J connectivity index is 1.91. The minimum Gasteiger partial charge on any atom is -0.421 e. The zero-order chi connectivity index (χ0) is 24.4. The van der Waals surface area contributed by atoms with Gasteiger partial charge in [0.05, 0.1) is 5.56 Å².